The fourth-order valence-electron chi connectivity index (χ4n) is 6.27. The van der Waals surface area contributed by atoms with Crippen molar-refractivity contribution in [2.75, 3.05) is 0 Å². The molecule has 200 valence electrons. The quantitative estimate of drug-likeness (QED) is 0.373. The Bertz CT molecular complexity index is 1510. The highest BCUT2D eigenvalue weighted by Crippen LogP contribution is 2.60. The molecule has 3 aliphatic rings. The average Bonchev–Trinajstić information content (AvgIpc) is 3.58. The van der Waals surface area contributed by atoms with Crippen LogP contribution in [0.3, 0.4) is 0 Å². The predicted octanol–water partition coefficient (Wildman–Crippen LogP) is 5.99. The number of hydrogen-bond donors (Lipinski definition) is 0. The number of nitrogens with zero attached hydrogens (tertiary/aromatic N) is 4. The van der Waals surface area contributed by atoms with Gasteiger partial charge in [-0.3, -0.25) is 9.78 Å². The van der Waals surface area contributed by atoms with E-state index < -0.39 is 47.6 Å². The van der Waals surface area contributed by atoms with E-state index in [0.717, 1.165) is 29.5 Å². The van der Waals surface area contributed by atoms with Gasteiger partial charge in [-0.15, -0.1) is 10.2 Å². The summed E-state index contributed by atoms with van der Waals surface area (Å²) in [6.45, 7) is 5.13. The number of hydrogen-bond acceptors (Lipinski definition) is 7. The molecule has 9 heteroatoms. The van der Waals surface area contributed by atoms with Gasteiger partial charge in [0, 0.05) is 41.5 Å². The Morgan fingerprint density at radius 3 is 2.64 bits per heavy atom. The van der Waals surface area contributed by atoms with E-state index in [0.29, 0.717) is 17.1 Å². The lowest BCUT2D eigenvalue weighted by Crippen LogP contribution is -2.56. The number of fused-ring (bicyclic) bond motifs is 1. The summed E-state index contributed by atoms with van der Waals surface area (Å²) in [5.41, 5.74) is 1.90. The predicted molar refractivity (Wildman–Crippen MR) is 137 cm³/mol. The van der Waals surface area contributed by atoms with Gasteiger partial charge >= 0.3 is 5.97 Å². The Morgan fingerprint density at radius 2 is 1.95 bits per heavy atom. The molecule has 2 saturated carbocycles. The van der Waals surface area contributed by atoms with E-state index in [1.165, 1.54) is 6.92 Å². The van der Waals surface area contributed by atoms with Crippen LogP contribution in [0.2, 0.25) is 0 Å². The molecule has 1 saturated heterocycles. The summed E-state index contributed by atoms with van der Waals surface area (Å²) in [7, 11) is 0. The maximum absolute atomic E-state index is 15.6. The van der Waals surface area contributed by atoms with E-state index in [4.69, 9.17) is 9.15 Å². The molecule has 1 aliphatic heterocycles. The molecule has 3 fully saturated rings. The van der Waals surface area contributed by atoms with Crippen LogP contribution in [0.4, 0.5) is 8.78 Å². The minimum absolute atomic E-state index is 0.0670. The first-order chi connectivity index (χ1) is 18.7. The Kier molecular flexibility index (Phi) is 5.90. The molecule has 2 aromatic heterocycles. The monoisotopic (exact) mass is 530 g/mol. The Hall–Kier alpha value is -3.93. The van der Waals surface area contributed by atoms with Gasteiger partial charge in [-0.25, -0.2) is 8.78 Å². The number of benzene rings is 1. The van der Waals surface area contributed by atoms with Crippen molar-refractivity contribution in [2.45, 2.75) is 63.4 Å². The lowest BCUT2D eigenvalue weighted by atomic mass is 9.56. The van der Waals surface area contributed by atoms with Gasteiger partial charge in [0.05, 0.1) is 11.3 Å². The molecule has 0 bridgehead atoms. The summed E-state index contributed by atoms with van der Waals surface area (Å²) >= 11 is 0. The van der Waals surface area contributed by atoms with Crippen LogP contribution in [0.5, 0.6) is 0 Å². The van der Waals surface area contributed by atoms with Crippen LogP contribution in [0, 0.1) is 36.0 Å². The highest BCUT2D eigenvalue weighted by Gasteiger charge is 2.71. The van der Waals surface area contributed by atoms with E-state index in [9.17, 15) is 10.1 Å². The number of aryl methyl sites for hydroxylation is 1. The van der Waals surface area contributed by atoms with Gasteiger partial charge in [-0.2, -0.15) is 5.26 Å². The number of rotatable bonds is 5. The molecule has 0 amide bonds. The van der Waals surface area contributed by atoms with Crippen molar-refractivity contribution in [3.8, 4) is 17.2 Å². The van der Waals surface area contributed by atoms with E-state index in [1.807, 2.05) is 31.2 Å². The first-order valence-corrected chi connectivity index (χ1v) is 13.2. The van der Waals surface area contributed by atoms with Gasteiger partial charge in [0.1, 0.15) is 12.2 Å². The van der Waals surface area contributed by atoms with Gasteiger partial charge in [0.2, 0.25) is 11.8 Å². The first-order valence-electron chi connectivity index (χ1n) is 13.2. The number of halogens is 2. The van der Waals surface area contributed by atoms with E-state index in [2.05, 4.69) is 21.3 Å². The third-order valence-corrected chi connectivity index (χ3v) is 8.62. The molecule has 6 rings (SSSR count). The summed E-state index contributed by atoms with van der Waals surface area (Å²) in [6.07, 6.45) is 5.57. The highest BCUT2D eigenvalue weighted by molar-refractivity contribution is 5.85. The van der Waals surface area contributed by atoms with Gasteiger partial charge < -0.3 is 9.15 Å². The SMILES string of the molecule is Cc1cccc(-c2ccc(C=C[C@@H]3[C@@H]4[C@@H](C)OC(=O)[C@]4(c4nnc(C5CC5)o4)CC(F)(F)[C@H]3C)nc2)c1C#N. The van der Waals surface area contributed by atoms with Crippen LogP contribution in [-0.4, -0.2) is 33.2 Å². The third-order valence-electron chi connectivity index (χ3n) is 8.62. The number of allylic oxidation sites excluding steroid dienone is 1. The molecular formula is C30H28F2N4O3. The standard InChI is InChI=1S/C30H28F2N4O3/c1-16-5-4-6-23(24(16)13-33)20-9-10-21(34-14-20)11-12-22-17(2)30(31,32)15-29(25(22)18(3)38-28(29)37)27-36-35-26(39-27)19-7-8-19/h4-6,9-12,14,17-19,22,25H,7-8,15H2,1-3H3/t17-,18+,22-,25-,29+/m0/s1. The number of carbonyl (C=O) groups excluding carboxylic acids is 1. The van der Waals surface area contributed by atoms with Gasteiger partial charge in [0.15, 0.2) is 5.41 Å². The number of aromatic nitrogens is 3. The summed E-state index contributed by atoms with van der Waals surface area (Å²) < 4.78 is 42.7. The van der Waals surface area contributed by atoms with Crippen LogP contribution in [0.15, 0.2) is 47.0 Å². The maximum Gasteiger partial charge on any atom is 0.322 e. The zero-order valence-corrected chi connectivity index (χ0v) is 21.9. The molecule has 3 heterocycles. The van der Waals surface area contributed by atoms with Crippen molar-refractivity contribution in [1.29, 1.82) is 5.26 Å². The molecule has 3 aromatic rings. The van der Waals surface area contributed by atoms with Gasteiger partial charge in [0.25, 0.3) is 5.92 Å². The molecule has 0 N–H and O–H groups in total. The summed E-state index contributed by atoms with van der Waals surface area (Å²) in [5.74, 6) is -5.81. The minimum Gasteiger partial charge on any atom is -0.461 e. The van der Waals surface area contributed by atoms with Crippen molar-refractivity contribution in [1.82, 2.24) is 15.2 Å². The van der Waals surface area contributed by atoms with E-state index >= 15 is 8.78 Å². The number of carbonyl (C=O) groups is 1. The average molecular weight is 531 g/mol. The molecule has 2 aliphatic carbocycles. The Morgan fingerprint density at radius 1 is 1.15 bits per heavy atom. The number of esters is 1. The summed E-state index contributed by atoms with van der Waals surface area (Å²) in [5, 5.41) is 17.8. The van der Waals surface area contributed by atoms with Crippen LogP contribution in [0.1, 0.15) is 67.6 Å². The van der Waals surface area contributed by atoms with Crippen LogP contribution in [-0.2, 0) is 14.9 Å². The second-order valence-corrected chi connectivity index (χ2v) is 11.1. The molecular weight excluding hydrogens is 502 g/mol. The Balaban J connectivity index is 1.35. The molecule has 0 spiro atoms. The van der Waals surface area contributed by atoms with Crippen molar-refractivity contribution in [3.63, 3.8) is 0 Å². The van der Waals surface area contributed by atoms with Crippen molar-refractivity contribution in [3.05, 3.63) is 71.2 Å². The minimum atomic E-state index is -3.17. The molecule has 1 aromatic carbocycles. The van der Waals surface area contributed by atoms with E-state index in [1.54, 1.807) is 31.3 Å². The molecule has 5 atom stereocenters. The zero-order chi connectivity index (χ0) is 27.5. The molecule has 39 heavy (non-hydrogen) atoms. The fraction of sp³-hybridized carbons (Fsp3) is 0.433. The van der Waals surface area contributed by atoms with Gasteiger partial charge in [-0.1, -0.05) is 37.3 Å². The number of nitriles is 1. The first kappa shape index (κ1) is 25.4. The number of alkyl halides is 2. The zero-order valence-electron chi connectivity index (χ0n) is 21.9. The van der Waals surface area contributed by atoms with E-state index in [-0.39, 0.29) is 11.8 Å². The lowest BCUT2D eigenvalue weighted by molar-refractivity contribution is -0.159. The fourth-order valence-corrected chi connectivity index (χ4v) is 6.27. The number of pyridine rings is 1. The summed E-state index contributed by atoms with van der Waals surface area (Å²) in [6, 6.07) is 11.5. The molecule has 0 unspecified atom stereocenters. The van der Waals surface area contributed by atoms with Crippen molar-refractivity contribution < 1.29 is 22.7 Å². The topological polar surface area (TPSA) is 102 Å². The molecule has 7 nitrogen and oxygen atoms in total. The van der Waals surface area contributed by atoms with Crippen molar-refractivity contribution >= 4 is 12.0 Å². The smallest absolute Gasteiger partial charge is 0.322 e. The highest BCUT2D eigenvalue weighted by atomic mass is 19.3. The van der Waals surface area contributed by atoms with Crippen LogP contribution in [0.25, 0.3) is 17.2 Å². The van der Waals surface area contributed by atoms with Crippen LogP contribution >= 0.6 is 0 Å². The normalized spacial score (nSPS) is 29.7. The largest absolute Gasteiger partial charge is 0.461 e. The van der Waals surface area contributed by atoms with Crippen LogP contribution < -0.4 is 0 Å². The lowest BCUT2D eigenvalue weighted by Gasteiger charge is -2.46. The Labute approximate surface area is 224 Å². The van der Waals surface area contributed by atoms with Crippen molar-refractivity contribution in [2.24, 2.45) is 17.8 Å². The van der Waals surface area contributed by atoms with Gasteiger partial charge in [-0.05, 0) is 50.3 Å². The number of ether oxygens (including phenoxy) is 1. The number of cyclic esters (lactones) is 1. The third kappa shape index (κ3) is 4.05. The maximum atomic E-state index is 15.6. The molecule has 0 radical (unpaired) electrons. The second-order valence-electron chi connectivity index (χ2n) is 11.1. The summed E-state index contributed by atoms with van der Waals surface area (Å²) in [4.78, 5) is 17.8. The second kappa shape index (κ2) is 9.08.